The number of urea groups is 1. The highest BCUT2D eigenvalue weighted by Crippen LogP contribution is 2.38. The molecule has 10 nitrogen and oxygen atoms in total. The van der Waals surface area contributed by atoms with E-state index in [9.17, 15) is 22.8 Å². The maximum atomic E-state index is 13.9. The Hall–Kier alpha value is -3.73. The Morgan fingerprint density at radius 1 is 1.08 bits per heavy atom. The summed E-state index contributed by atoms with van der Waals surface area (Å²) in [5.74, 6) is -1.32. The Morgan fingerprint density at radius 3 is 2.49 bits per heavy atom. The fraction of sp³-hybridized carbons (Fsp3) is 0.385. The Balaban J connectivity index is 1.64. The van der Waals surface area contributed by atoms with E-state index in [0.717, 1.165) is 43.9 Å². The van der Waals surface area contributed by atoms with E-state index in [1.54, 1.807) is 32.3 Å². The molecule has 0 aromatic heterocycles. The number of benzodiazepines with no additional fused rings is 1. The summed E-state index contributed by atoms with van der Waals surface area (Å²) in [6.45, 7) is 1.66. The van der Waals surface area contributed by atoms with Crippen LogP contribution in [0.2, 0.25) is 0 Å². The zero-order valence-corrected chi connectivity index (χ0v) is 21.9. The second-order valence-corrected chi connectivity index (χ2v) is 11.3. The fourth-order valence-corrected chi connectivity index (χ4v) is 5.43. The molecule has 1 atom stereocenters. The number of carbonyl (C=O) groups is 3. The van der Waals surface area contributed by atoms with Crippen molar-refractivity contribution in [3.8, 4) is 0 Å². The maximum absolute atomic E-state index is 13.9. The predicted octanol–water partition coefficient (Wildman–Crippen LogP) is 3.18. The highest BCUT2D eigenvalue weighted by Gasteiger charge is 2.49. The molecule has 0 bridgehead atoms. The highest BCUT2D eigenvalue weighted by molar-refractivity contribution is 7.89. The van der Waals surface area contributed by atoms with E-state index in [2.05, 4.69) is 10.6 Å². The quantitative estimate of drug-likeness (QED) is 0.551. The minimum Gasteiger partial charge on any atom is -0.311 e. The van der Waals surface area contributed by atoms with Crippen molar-refractivity contribution >= 4 is 45.5 Å². The van der Waals surface area contributed by atoms with E-state index in [0.29, 0.717) is 11.3 Å². The number of amides is 4. The molecule has 196 valence electrons. The Morgan fingerprint density at radius 2 is 1.78 bits per heavy atom. The molecule has 4 rings (SSSR count). The van der Waals surface area contributed by atoms with Gasteiger partial charge in [-0.1, -0.05) is 43.5 Å². The number of likely N-dealkylation sites (N-methyl/N-ethyl adjacent to an activating group) is 1. The third-order valence-corrected chi connectivity index (χ3v) is 7.41. The van der Waals surface area contributed by atoms with Crippen molar-refractivity contribution in [3.63, 3.8) is 0 Å². The van der Waals surface area contributed by atoms with E-state index in [1.165, 1.54) is 11.0 Å². The number of hydrogen-bond acceptors (Lipinski definition) is 6. The number of aliphatic imine (C=N–C) groups is 1. The van der Waals surface area contributed by atoms with Crippen LogP contribution in [0.25, 0.3) is 0 Å². The lowest BCUT2D eigenvalue weighted by Gasteiger charge is -2.40. The maximum Gasteiger partial charge on any atom is 0.321 e. The monoisotopic (exact) mass is 525 g/mol. The number of nitrogens with zero attached hydrogens (tertiary/aromatic N) is 2. The van der Waals surface area contributed by atoms with E-state index in [-0.39, 0.29) is 23.1 Å². The molecule has 11 heteroatoms. The second kappa shape index (κ2) is 10.3. The van der Waals surface area contributed by atoms with Gasteiger partial charge in [-0.3, -0.25) is 14.6 Å². The molecule has 0 spiro atoms. The van der Waals surface area contributed by atoms with Crippen LogP contribution in [0.5, 0.6) is 0 Å². The van der Waals surface area contributed by atoms with Crippen molar-refractivity contribution in [1.29, 1.82) is 0 Å². The summed E-state index contributed by atoms with van der Waals surface area (Å²) in [6, 6.07) is 11.4. The summed E-state index contributed by atoms with van der Waals surface area (Å²) in [6.07, 6.45) is 6.96. The molecule has 1 heterocycles. The van der Waals surface area contributed by atoms with Crippen LogP contribution in [-0.4, -0.2) is 51.4 Å². The van der Waals surface area contributed by atoms with Gasteiger partial charge in [-0.15, -0.1) is 0 Å². The molecule has 1 aliphatic heterocycles. The molecule has 37 heavy (non-hydrogen) atoms. The first-order chi connectivity index (χ1) is 17.5. The summed E-state index contributed by atoms with van der Waals surface area (Å²) in [5.41, 5.74) is 0.883. The number of rotatable bonds is 5. The molecule has 1 fully saturated rings. The van der Waals surface area contributed by atoms with Gasteiger partial charge in [-0.05, 0) is 43.5 Å². The van der Waals surface area contributed by atoms with Crippen molar-refractivity contribution in [3.05, 3.63) is 59.2 Å². The van der Waals surface area contributed by atoms with Crippen LogP contribution in [0.1, 0.15) is 53.6 Å². The van der Waals surface area contributed by atoms with Gasteiger partial charge in [0.2, 0.25) is 15.7 Å². The Kier molecular flexibility index (Phi) is 7.35. The number of aryl methyl sites for hydroxylation is 1. The number of carbonyl (C=O) groups excluding carboxylic acids is 3. The molecular formula is C26H31N5O5S. The average Bonchev–Trinajstić information content (AvgIpc) is 2.96. The molecule has 0 unspecified atom stereocenters. The normalized spacial score (nSPS) is 20.1. The first-order valence-electron chi connectivity index (χ1n) is 12.1. The van der Waals surface area contributed by atoms with E-state index >= 15 is 0 Å². The van der Waals surface area contributed by atoms with Crippen molar-refractivity contribution in [2.75, 3.05) is 23.5 Å². The predicted molar refractivity (Wildman–Crippen MR) is 142 cm³/mol. The van der Waals surface area contributed by atoms with Gasteiger partial charge < -0.3 is 15.5 Å². The van der Waals surface area contributed by atoms with Crippen molar-refractivity contribution < 1.29 is 22.8 Å². The number of para-hydroxylation sites is 1. The molecule has 2 aliphatic rings. The third-order valence-electron chi connectivity index (χ3n) is 6.85. The van der Waals surface area contributed by atoms with Crippen LogP contribution in [0.3, 0.4) is 0 Å². The van der Waals surface area contributed by atoms with Gasteiger partial charge in [-0.25, -0.2) is 17.9 Å². The molecule has 0 saturated heterocycles. The number of sulfonamides is 1. The smallest absolute Gasteiger partial charge is 0.311 e. The second-order valence-electron chi connectivity index (χ2n) is 9.59. The van der Waals surface area contributed by atoms with Crippen LogP contribution >= 0.6 is 0 Å². The first-order valence-corrected chi connectivity index (χ1v) is 14.0. The van der Waals surface area contributed by atoms with Crippen LogP contribution in [-0.2, 0) is 14.8 Å². The standard InChI is InChI=1S/C26H31N5O5S/c1-17-13-14-20(15-21(17)23(32)30-37(3,35)36)28-25(34)29-26(19-10-5-4-6-11-19)24(33)31(2)22-12-8-7-9-18(22)16-27-26/h7-9,12-16,19H,4-6,10-11H2,1-3H3,(H,30,32)(H2,28,29,34)/t26-/m0/s1. The molecule has 2 aromatic rings. The lowest BCUT2D eigenvalue weighted by molar-refractivity contribution is -0.126. The summed E-state index contributed by atoms with van der Waals surface area (Å²) >= 11 is 0. The van der Waals surface area contributed by atoms with Crippen LogP contribution < -0.4 is 20.3 Å². The van der Waals surface area contributed by atoms with Gasteiger partial charge >= 0.3 is 6.03 Å². The number of anilines is 2. The fourth-order valence-electron chi connectivity index (χ4n) is 4.99. The molecule has 1 aliphatic carbocycles. The molecule has 3 N–H and O–H groups in total. The summed E-state index contributed by atoms with van der Waals surface area (Å²) < 4.78 is 24.9. The Bertz CT molecular complexity index is 1370. The number of hydrogen-bond donors (Lipinski definition) is 3. The van der Waals surface area contributed by atoms with E-state index < -0.39 is 27.6 Å². The number of fused-ring (bicyclic) bond motifs is 1. The molecule has 4 amide bonds. The SMILES string of the molecule is Cc1ccc(NC(=O)N[C@]2(C3CCCCC3)N=Cc3ccccc3N(C)C2=O)cc1C(=O)NS(C)(=O)=O. The average molecular weight is 526 g/mol. The van der Waals surface area contributed by atoms with Crippen LogP contribution in [0.15, 0.2) is 47.5 Å². The summed E-state index contributed by atoms with van der Waals surface area (Å²) in [4.78, 5) is 45.9. The van der Waals surface area contributed by atoms with Crippen LogP contribution in [0, 0.1) is 12.8 Å². The Labute approximate surface area is 216 Å². The van der Waals surface area contributed by atoms with Crippen molar-refractivity contribution in [2.24, 2.45) is 10.9 Å². The molecule has 2 aromatic carbocycles. The highest BCUT2D eigenvalue weighted by atomic mass is 32.2. The van der Waals surface area contributed by atoms with Gasteiger partial charge in [-0.2, -0.15) is 0 Å². The van der Waals surface area contributed by atoms with E-state index in [4.69, 9.17) is 4.99 Å². The minimum atomic E-state index is -3.76. The van der Waals surface area contributed by atoms with Crippen LogP contribution in [0.4, 0.5) is 16.2 Å². The molecule has 1 saturated carbocycles. The van der Waals surface area contributed by atoms with Gasteiger partial charge in [0.25, 0.3) is 11.8 Å². The van der Waals surface area contributed by atoms with E-state index in [1.807, 2.05) is 29.0 Å². The number of nitrogens with one attached hydrogen (secondary N) is 3. The zero-order chi connectivity index (χ0) is 26.8. The first kappa shape index (κ1) is 26.3. The number of benzene rings is 2. The topological polar surface area (TPSA) is 137 Å². The van der Waals surface area contributed by atoms with Crippen molar-refractivity contribution in [1.82, 2.24) is 10.0 Å². The van der Waals surface area contributed by atoms with Crippen molar-refractivity contribution in [2.45, 2.75) is 44.7 Å². The third kappa shape index (κ3) is 5.66. The molecule has 0 radical (unpaired) electrons. The lowest BCUT2D eigenvalue weighted by Crippen LogP contribution is -2.63. The molecular weight excluding hydrogens is 494 g/mol. The zero-order valence-electron chi connectivity index (χ0n) is 21.1. The van der Waals surface area contributed by atoms with Gasteiger partial charge in [0.05, 0.1) is 11.9 Å². The largest absolute Gasteiger partial charge is 0.321 e. The van der Waals surface area contributed by atoms with Gasteiger partial charge in [0, 0.05) is 36.0 Å². The summed E-state index contributed by atoms with van der Waals surface area (Å²) in [7, 11) is -2.08. The minimum absolute atomic E-state index is 0.101. The van der Waals surface area contributed by atoms with Gasteiger partial charge in [0.15, 0.2) is 0 Å². The lowest BCUT2D eigenvalue weighted by atomic mass is 9.79. The summed E-state index contributed by atoms with van der Waals surface area (Å²) in [5, 5.41) is 5.56. The van der Waals surface area contributed by atoms with Gasteiger partial charge in [0.1, 0.15) is 0 Å².